The molecule has 0 saturated heterocycles. The van der Waals surface area contributed by atoms with E-state index in [-0.39, 0.29) is 5.92 Å². The van der Waals surface area contributed by atoms with Crippen LogP contribution in [0.15, 0.2) is 23.6 Å². The lowest BCUT2D eigenvalue weighted by Gasteiger charge is -2.21. The zero-order chi connectivity index (χ0) is 17.4. The number of benzene rings is 1. The average Bonchev–Trinajstić information content (AvgIpc) is 3.51. The Hall–Kier alpha value is -1.30. The third kappa shape index (κ3) is 4.27. The van der Waals surface area contributed by atoms with Crippen molar-refractivity contribution in [3.63, 3.8) is 0 Å². The molecule has 0 unspecified atom stereocenters. The van der Waals surface area contributed by atoms with Crippen LogP contribution in [0, 0.1) is 5.92 Å². The number of ether oxygens (including phenoxy) is 1. The van der Waals surface area contributed by atoms with Gasteiger partial charge in [-0.05, 0) is 37.8 Å². The van der Waals surface area contributed by atoms with Crippen LogP contribution in [0.3, 0.4) is 0 Å². The summed E-state index contributed by atoms with van der Waals surface area (Å²) in [7, 11) is 0. The summed E-state index contributed by atoms with van der Waals surface area (Å²) >= 11 is 13.6. The molecule has 1 aromatic carbocycles. The molecule has 2 aromatic rings. The first kappa shape index (κ1) is 17.1. The zero-order valence-corrected chi connectivity index (χ0v) is 15.9. The molecule has 0 N–H and O–H groups in total. The molecule has 0 radical (unpaired) electrons. The van der Waals surface area contributed by atoms with Crippen LogP contribution in [0.25, 0.3) is 0 Å². The van der Waals surface area contributed by atoms with Crippen molar-refractivity contribution in [2.45, 2.75) is 44.9 Å². The van der Waals surface area contributed by atoms with E-state index >= 15 is 0 Å². The van der Waals surface area contributed by atoms with E-state index < -0.39 is 0 Å². The minimum Gasteiger partial charge on any atom is -0.485 e. The number of aromatic nitrogens is 1. The van der Waals surface area contributed by atoms with Gasteiger partial charge in [-0.25, -0.2) is 4.98 Å². The van der Waals surface area contributed by atoms with Crippen molar-refractivity contribution in [3.05, 3.63) is 44.3 Å². The summed E-state index contributed by atoms with van der Waals surface area (Å²) in [6.07, 6.45) is 4.31. The SMILES string of the molecule is O=C(C1CC1)N(Cc1csc(COc2cc(Cl)ccc2Cl)n1)C1CC1. The highest BCUT2D eigenvalue weighted by Crippen LogP contribution is 2.37. The van der Waals surface area contributed by atoms with Crippen molar-refractivity contribution in [2.24, 2.45) is 5.92 Å². The normalized spacial score (nSPS) is 16.7. The summed E-state index contributed by atoms with van der Waals surface area (Å²) in [6, 6.07) is 5.55. The Bertz CT molecular complexity index is 787. The third-order valence-corrected chi connectivity index (χ3v) is 5.79. The van der Waals surface area contributed by atoms with Crippen molar-refractivity contribution < 1.29 is 9.53 Å². The minimum absolute atomic E-state index is 0.256. The molecule has 2 fully saturated rings. The quantitative estimate of drug-likeness (QED) is 0.665. The lowest BCUT2D eigenvalue weighted by Crippen LogP contribution is -2.33. The fourth-order valence-corrected chi connectivity index (χ4v) is 3.76. The van der Waals surface area contributed by atoms with Gasteiger partial charge in [0, 0.05) is 28.4 Å². The molecule has 25 heavy (non-hydrogen) atoms. The van der Waals surface area contributed by atoms with Crippen LogP contribution in [-0.4, -0.2) is 21.8 Å². The highest BCUT2D eigenvalue weighted by molar-refractivity contribution is 7.09. The number of halogens is 2. The molecule has 0 aliphatic heterocycles. The van der Waals surface area contributed by atoms with E-state index in [2.05, 4.69) is 4.98 Å². The molecule has 0 atom stereocenters. The molecule has 7 heteroatoms. The van der Waals surface area contributed by atoms with Gasteiger partial charge in [-0.2, -0.15) is 0 Å². The highest BCUT2D eigenvalue weighted by Gasteiger charge is 2.40. The standard InChI is InChI=1S/C18H18Cl2N2O2S/c19-12-3-6-15(20)16(7-12)24-9-17-21-13(10-25-17)8-22(14-4-5-14)18(23)11-1-2-11/h3,6-7,10-11,14H,1-2,4-5,8-9H2. The van der Waals surface area contributed by atoms with Gasteiger partial charge in [0.15, 0.2) is 0 Å². The third-order valence-electron chi connectivity index (χ3n) is 4.37. The maximum absolute atomic E-state index is 12.4. The fraction of sp³-hybridized carbons (Fsp3) is 0.444. The Morgan fingerprint density at radius 2 is 2.08 bits per heavy atom. The van der Waals surface area contributed by atoms with Crippen molar-refractivity contribution in [3.8, 4) is 5.75 Å². The number of thiazole rings is 1. The fourth-order valence-electron chi connectivity index (χ4n) is 2.73. The van der Waals surface area contributed by atoms with E-state index in [1.807, 2.05) is 10.3 Å². The molecular formula is C18H18Cl2N2O2S. The summed E-state index contributed by atoms with van der Waals surface area (Å²) in [5.74, 6) is 1.11. The Morgan fingerprint density at radius 1 is 1.28 bits per heavy atom. The van der Waals surface area contributed by atoms with E-state index in [9.17, 15) is 4.79 Å². The first-order valence-electron chi connectivity index (χ1n) is 8.42. The number of carbonyl (C=O) groups is 1. The monoisotopic (exact) mass is 396 g/mol. The Balaban J connectivity index is 1.38. The smallest absolute Gasteiger partial charge is 0.226 e. The summed E-state index contributed by atoms with van der Waals surface area (Å²) in [5, 5.41) is 3.98. The molecule has 0 bridgehead atoms. The predicted octanol–water partition coefficient (Wildman–Crippen LogP) is 4.93. The van der Waals surface area contributed by atoms with Gasteiger partial charge >= 0.3 is 0 Å². The summed E-state index contributed by atoms with van der Waals surface area (Å²) in [6.45, 7) is 0.944. The summed E-state index contributed by atoms with van der Waals surface area (Å²) in [5.41, 5.74) is 0.932. The predicted molar refractivity (Wildman–Crippen MR) is 99.2 cm³/mol. The van der Waals surface area contributed by atoms with E-state index in [0.717, 1.165) is 36.4 Å². The topological polar surface area (TPSA) is 42.4 Å². The Morgan fingerprint density at radius 3 is 2.80 bits per heavy atom. The summed E-state index contributed by atoms with van der Waals surface area (Å²) in [4.78, 5) is 19.1. The van der Waals surface area contributed by atoms with Gasteiger partial charge in [-0.1, -0.05) is 23.2 Å². The number of nitrogens with zero attached hydrogens (tertiary/aromatic N) is 2. The van der Waals surface area contributed by atoms with E-state index in [1.165, 1.54) is 11.3 Å². The van der Waals surface area contributed by atoms with E-state index in [4.69, 9.17) is 27.9 Å². The summed E-state index contributed by atoms with van der Waals surface area (Å²) < 4.78 is 5.73. The van der Waals surface area contributed by atoms with Crippen LogP contribution in [0.5, 0.6) is 5.75 Å². The molecular weight excluding hydrogens is 379 g/mol. The molecule has 4 nitrogen and oxygen atoms in total. The van der Waals surface area contributed by atoms with Gasteiger partial charge in [-0.3, -0.25) is 4.79 Å². The maximum atomic E-state index is 12.4. The van der Waals surface area contributed by atoms with Gasteiger partial charge < -0.3 is 9.64 Å². The van der Waals surface area contributed by atoms with Crippen molar-refractivity contribution in [2.75, 3.05) is 0 Å². The van der Waals surface area contributed by atoms with Crippen molar-refractivity contribution >= 4 is 40.4 Å². The number of hydrogen-bond acceptors (Lipinski definition) is 4. The van der Waals surface area contributed by atoms with Crippen molar-refractivity contribution in [1.82, 2.24) is 9.88 Å². The van der Waals surface area contributed by atoms with E-state index in [1.54, 1.807) is 18.2 Å². The molecule has 0 spiro atoms. The van der Waals surface area contributed by atoms with Crippen LogP contribution in [0.1, 0.15) is 36.4 Å². The number of rotatable bonds is 7. The molecule has 4 rings (SSSR count). The van der Waals surface area contributed by atoms with Gasteiger partial charge in [-0.15, -0.1) is 11.3 Å². The highest BCUT2D eigenvalue weighted by atomic mass is 35.5. The molecule has 1 aromatic heterocycles. The maximum Gasteiger partial charge on any atom is 0.226 e. The van der Waals surface area contributed by atoms with E-state index in [0.29, 0.717) is 40.9 Å². The molecule has 132 valence electrons. The van der Waals surface area contributed by atoms with Gasteiger partial charge in [0.1, 0.15) is 17.4 Å². The lowest BCUT2D eigenvalue weighted by molar-refractivity contribution is -0.133. The first-order chi connectivity index (χ1) is 12.1. The van der Waals surface area contributed by atoms with Crippen LogP contribution >= 0.6 is 34.5 Å². The molecule has 2 aliphatic carbocycles. The average molecular weight is 397 g/mol. The Labute approximate surface area is 160 Å². The van der Waals surface area contributed by atoms with Crippen molar-refractivity contribution in [1.29, 1.82) is 0 Å². The number of amides is 1. The largest absolute Gasteiger partial charge is 0.485 e. The molecule has 1 heterocycles. The Kier molecular flexibility index (Phi) is 4.89. The lowest BCUT2D eigenvalue weighted by atomic mass is 10.3. The van der Waals surface area contributed by atoms with Crippen LogP contribution in [0.4, 0.5) is 0 Å². The molecule has 2 aliphatic rings. The number of hydrogen-bond donors (Lipinski definition) is 0. The van der Waals surface area contributed by atoms with Gasteiger partial charge in [0.05, 0.1) is 17.3 Å². The second-order valence-electron chi connectivity index (χ2n) is 6.57. The first-order valence-corrected chi connectivity index (χ1v) is 10.1. The molecule has 2 saturated carbocycles. The second-order valence-corrected chi connectivity index (χ2v) is 8.35. The minimum atomic E-state index is 0.256. The second kappa shape index (κ2) is 7.14. The molecule has 1 amide bonds. The zero-order valence-electron chi connectivity index (χ0n) is 13.6. The van der Waals surface area contributed by atoms with Gasteiger partial charge in [0.25, 0.3) is 0 Å². The van der Waals surface area contributed by atoms with Crippen LogP contribution < -0.4 is 4.74 Å². The van der Waals surface area contributed by atoms with Crippen LogP contribution in [0.2, 0.25) is 10.0 Å². The number of carbonyl (C=O) groups excluding carboxylic acids is 1. The van der Waals surface area contributed by atoms with Crippen LogP contribution in [-0.2, 0) is 17.9 Å². The van der Waals surface area contributed by atoms with Gasteiger partial charge in [0.2, 0.25) is 5.91 Å².